The predicted octanol–water partition coefficient (Wildman–Crippen LogP) is 3.23. The van der Waals surface area contributed by atoms with E-state index in [2.05, 4.69) is 5.32 Å². The SMILES string of the molecule is COC1(CNC2CC(c3cccc(F)c3)C2)CCC1. The molecule has 3 heteroatoms. The maximum absolute atomic E-state index is 13.2. The lowest BCUT2D eigenvalue weighted by Gasteiger charge is -2.44. The molecule has 0 aromatic heterocycles. The molecule has 2 aliphatic carbocycles. The van der Waals surface area contributed by atoms with Crippen molar-refractivity contribution in [2.45, 2.75) is 49.7 Å². The average molecular weight is 263 g/mol. The normalized spacial score (nSPS) is 28.5. The van der Waals surface area contributed by atoms with E-state index in [0.717, 1.165) is 24.9 Å². The van der Waals surface area contributed by atoms with Gasteiger partial charge in [-0.1, -0.05) is 12.1 Å². The summed E-state index contributed by atoms with van der Waals surface area (Å²) in [4.78, 5) is 0. The van der Waals surface area contributed by atoms with Crippen LogP contribution in [0.1, 0.15) is 43.6 Å². The Kier molecular flexibility index (Phi) is 3.59. The molecule has 0 amide bonds. The van der Waals surface area contributed by atoms with Gasteiger partial charge in [-0.25, -0.2) is 4.39 Å². The van der Waals surface area contributed by atoms with Crippen LogP contribution in [0.2, 0.25) is 0 Å². The molecule has 0 aliphatic heterocycles. The number of benzene rings is 1. The van der Waals surface area contributed by atoms with E-state index in [1.54, 1.807) is 12.1 Å². The zero-order chi connectivity index (χ0) is 13.3. The molecule has 3 rings (SSSR count). The zero-order valence-corrected chi connectivity index (χ0v) is 11.5. The van der Waals surface area contributed by atoms with E-state index in [0.29, 0.717) is 12.0 Å². The summed E-state index contributed by atoms with van der Waals surface area (Å²) in [6.45, 7) is 0.962. The van der Waals surface area contributed by atoms with Crippen LogP contribution in [0.25, 0.3) is 0 Å². The Hall–Kier alpha value is -0.930. The van der Waals surface area contributed by atoms with Crippen molar-refractivity contribution < 1.29 is 9.13 Å². The van der Waals surface area contributed by atoms with Gasteiger partial charge in [-0.2, -0.15) is 0 Å². The number of hydrogen-bond acceptors (Lipinski definition) is 2. The van der Waals surface area contributed by atoms with Crippen LogP contribution in [0.4, 0.5) is 4.39 Å². The first-order chi connectivity index (χ1) is 9.21. The van der Waals surface area contributed by atoms with Crippen LogP contribution in [0.15, 0.2) is 24.3 Å². The Labute approximate surface area is 114 Å². The average Bonchev–Trinajstić information content (AvgIpc) is 2.30. The molecule has 2 fully saturated rings. The second-order valence-electron chi connectivity index (χ2n) is 6.04. The molecule has 0 heterocycles. The van der Waals surface area contributed by atoms with Crippen molar-refractivity contribution in [2.24, 2.45) is 0 Å². The lowest BCUT2D eigenvalue weighted by atomic mass is 9.74. The van der Waals surface area contributed by atoms with Gasteiger partial charge in [0, 0.05) is 19.7 Å². The molecule has 0 bridgehead atoms. The predicted molar refractivity (Wildman–Crippen MR) is 73.8 cm³/mol. The van der Waals surface area contributed by atoms with Gasteiger partial charge < -0.3 is 10.1 Å². The number of ether oxygens (including phenoxy) is 1. The van der Waals surface area contributed by atoms with Crippen molar-refractivity contribution in [3.63, 3.8) is 0 Å². The lowest BCUT2D eigenvalue weighted by Crippen LogP contribution is -2.52. The van der Waals surface area contributed by atoms with Gasteiger partial charge in [0.15, 0.2) is 0 Å². The third-order valence-corrected chi connectivity index (χ3v) is 4.87. The molecule has 0 saturated heterocycles. The maximum Gasteiger partial charge on any atom is 0.123 e. The highest BCUT2D eigenvalue weighted by molar-refractivity contribution is 5.23. The molecule has 2 nitrogen and oxygen atoms in total. The van der Waals surface area contributed by atoms with Gasteiger partial charge in [-0.15, -0.1) is 0 Å². The molecule has 0 spiro atoms. The third kappa shape index (κ3) is 2.67. The van der Waals surface area contributed by atoms with Gasteiger partial charge in [0.2, 0.25) is 0 Å². The van der Waals surface area contributed by atoms with Crippen molar-refractivity contribution >= 4 is 0 Å². The largest absolute Gasteiger partial charge is 0.377 e. The van der Waals surface area contributed by atoms with Crippen LogP contribution >= 0.6 is 0 Å². The summed E-state index contributed by atoms with van der Waals surface area (Å²) < 4.78 is 18.8. The highest BCUT2D eigenvalue weighted by Gasteiger charge is 2.39. The highest BCUT2D eigenvalue weighted by atomic mass is 19.1. The Morgan fingerprint density at radius 3 is 2.74 bits per heavy atom. The van der Waals surface area contributed by atoms with Crippen molar-refractivity contribution in [3.05, 3.63) is 35.6 Å². The molecule has 0 atom stereocenters. The molecule has 2 aliphatic rings. The van der Waals surface area contributed by atoms with E-state index in [1.807, 2.05) is 13.2 Å². The van der Waals surface area contributed by atoms with Gasteiger partial charge in [0.25, 0.3) is 0 Å². The van der Waals surface area contributed by atoms with Gasteiger partial charge in [0.1, 0.15) is 5.82 Å². The zero-order valence-electron chi connectivity index (χ0n) is 11.5. The molecule has 1 N–H and O–H groups in total. The van der Waals surface area contributed by atoms with E-state index in [4.69, 9.17) is 4.74 Å². The molecular formula is C16H22FNO. The van der Waals surface area contributed by atoms with E-state index < -0.39 is 0 Å². The molecule has 19 heavy (non-hydrogen) atoms. The fourth-order valence-electron chi connectivity index (χ4n) is 3.17. The fourth-order valence-corrected chi connectivity index (χ4v) is 3.17. The standard InChI is InChI=1S/C16H22FNO/c1-19-16(6-3-7-16)11-18-15-9-13(10-15)12-4-2-5-14(17)8-12/h2,4-5,8,13,15,18H,3,6-7,9-11H2,1H3. The Morgan fingerprint density at radius 1 is 1.37 bits per heavy atom. The number of halogens is 1. The minimum absolute atomic E-state index is 0.101. The summed E-state index contributed by atoms with van der Waals surface area (Å²) in [5.41, 5.74) is 1.24. The lowest BCUT2D eigenvalue weighted by molar-refractivity contribution is -0.0724. The van der Waals surface area contributed by atoms with Crippen LogP contribution in [-0.2, 0) is 4.74 Å². The second kappa shape index (κ2) is 5.22. The number of nitrogens with one attached hydrogen (secondary N) is 1. The molecule has 1 aromatic carbocycles. The Bertz CT molecular complexity index is 433. The summed E-state index contributed by atoms with van der Waals surface area (Å²) in [6.07, 6.45) is 5.87. The number of methoxy groups -OCH3 is 1. The van der Waals surface area contributed by atoms with Gasteiger partial charge in [-0.05, 0) is 55.7 Å². The topological polar surface area (TPSA) is 21.3 Å². The van der Waals surface area contributed by atoms with Crippen molar-refractivity contribution in [2.75, 3.05) is 13.7 Å². The van der Waals surface area contributed by atoms with E-state index >= 15 is 0 Å². The summed E-state index contributed by atoms with van der Waals surface area (Å²) in [5.74, 6) is 0.398. The maximum atomic E-state index is 13.2. The molecule has 2 saturated carbocycles. The van der Waals surface area contributed by atoms with Crippen LogP contribution < -0.4 is 5.32 Å². The van der Waals surface area contributed by atoms with E-state index in [-0.39, 0.29) is 11.4 Å². The van der Waals surface area contributed by atoms with Gasteiger partial charge >= 0.3 is 0 Å². The number of rotatable bonds is 5. The molecule has 1 aromatic rings. The summed E-state index contributed by atoms with van der Waals surface area (Å²) >= 11 is 0. The Balaban J connectivity index is 1.45. The fraction of sp³-hybridized carbons (Fsp3) is 0.625. The third-order valence-electron chi connectivity index (χ3n) is 4.87. The first-order valence-corrected chi connectivity index (χ1v) is 7.25. The first-order valence-electron chi connectivity index (χ1n) is 7.25. The molecular weight excluding hydrogens is 241 g/mol. The monoisotopic (exact) mass is 263 g/mol. The van der Waals surface area contributed by atoms with Crippen LogP contribution in [0, 0.1) is 5.82 Å². The van der Waals surface area contributed by atoms with E-state index in [1.165, 1.54) is 25.3 Å². The minimum atomic E-state index is -0.123. The summed E-state index contributed by atoms with van der Waals surface area (Å²) in [5, 5.41) is 3.61. The van der Waals surface area contributed by atoms with Crippen molar-refractivity contribution in [1.82, 2.24) is 5.32 Å². The molecule has 104 valence electrons. The molecule has 0 unspecified atom stereocenters. The first kappa shape index (κ1) is 13.1. The summed E-state index contributed by atoms with van der Waals surface area (Å²) in [7, 11) is 1.82. The van der Waals surface area contributed by atoms with Crippen molar-refractivity contribution in [1.29, 1.82) is 0 Å². The minimum Gasteiger partial charge on any atom is -0.377 e. The van der Waals surface area contributed by atoms with Crippen molar-refractivity contribution in [3.8, 4) is 0 Å². The highest BCUT2D eigenvalue weighted by Crippen LogP contribution is 2.39. The Morgan fingerprint density at radius 2 is 2.16 bits per heavy atom. The smallest absolute Gasteiger partial charge is 0.123 e. The second-order valence-corrected chi connectivity index (χ2v) is 6.04. The van der Waals surface area contributed by atoms with Crippen LogP contribution in [0.5, 0.6) is 0 Å². The summed E-state index contributed by atoms with van der Waals surface area (Å²) in [6, 6.07) is 7.59. The molecule has 0 radical (unpaired) electrons. The van der Waals surface area contributed by atoms with Gasteiger partial charge in [0.05, 0.1) is 5.60 Å². The van der Waals surface area contributed by atoms with Gasteiger partial charge in [-0.3, -0.25) is 0 Å². The quantitative estimate of drug-likeness (QED) is 0.880. The van der Waals surface area contributed by atoms with E-state index in [9.17, 15) is 4.39 Å². The van der Waals surface area contributed by atoms with Crippen LogP contribution in [0.3, 0.4) is 0 Å². The van der Waals surface area contributed by atoms with Crippen LogP contribution in [-0.4, -0.2) is 25.3 Å². The number of hydrogen-bond donors (Lipinski definition) is 1.